The maximum Gasteiger partial charge on any atom is 0.142 e. The summed E-state index contributed by atoms with van der Waals surface area (Å²) in [5.41, 5.74) is 7.05. The normalized spacial score (nSPS) is 14.0. The Hall–Kier alpha value is -2.27. The fraction of sp³-hybridized carbons (Fsp3) is 0.294. The fourth-order valence-electron chi connectivity index (χ4n) is 1.84. The molecule has 124 valence electrons. The molecule has 1 aromatic rings. The predicted molar refractivity (Wildman–Crippen MR) is 96.3 cm³/mol. The minimum Gasteiger partial charge on any atom is -0.505 e. The van der Waals surface area contributed by atoms with Crippen LogP contribution in [0.2, 0.25) is 0 Å². The zero-order valence-electron chi connectivity index (χ0n) is 13.7. The van der Waals surface area contributed by atoms with Gasteiger partial charge in [0.2, 0.25) is 0 Å². The van der Waals surface area contributed by atoms with Crippen molar-refractivity contribution >= 4 is 28.7 Å². The minimum atomic E-state index is -0.146. The second-order valence-electron chi connectivity index (χ2n) is 6.05. The second kappa shape index (κ2) is 7.33. The molecule has 0 aliphatic heterocycles. The Morgan fingerprint density at radius 3 is 2.17 bits per heavy atom. The summed E-state index contributed by atoms with van der Waals surface area (Å²) in [7, 11) is 1.58. The lowest BCUT2D eigenvalue weighted by atomic mass is 9.86. The van der Waals surface area contributed by atoms with Crippen molar-refractivity contribution in [3.8, 4) is 11.5 Å². The molecule has 0 atom stereocenters. The first kappa shape index (κ1) is 18.8. The highest BCUT2D eigenvalue weighted by molar-refractivity contribution is 6.51. The first-order valence-electron chi connectivity index (χ1n) is 6.96. The number of anilines is 1. The van der Waals surface area contributed by atoms with Crippen molar-refractivity contribution in [2.45, 2.75) is 26.2 Å². The van der Waals surface area contributed by atoms with Gasteiger partial charge in [0.1, 0.15) is 11.5 Å². The average molecular weight is 336 g/mol. The number of aromatic hydroxyl groups is 1. The highest BCUT2D eigenvalue weighted by atomic mass is 35.5. The number of nitrogens with two attached hydrogens (primary N) is 1. The standard InChI is InChI=1S/C11H17NO2.C6H5ClN2/c1-11(2,3)8-5-7(14-4)6-9(12)10(8)13;7-4-1-2-5(8)6(9)3-4/h5-6,13H,12H2,1-4H3;1-3,8-9H. The molecule has 23 heavy (non-hydrogen) atoms. The zero-order valence-corrected chi connectivity index (χ0v) is 14.5. The molecule has 0 saturated carbocycles. The van der Waals surface area contributed by atoms with E-state index >= 15 is 0 Å². The van der Waals surface area contributed by atoms with Crippen LogP contribution in [0.15, 0.2) is 35.4 Å². The van der Waals surface area contributed by atoms with E-state index in [1.807, 2.05) is 26.8 Å². The number of hydrogen-bond acceptors (Lipinski definition) is 5. The summed E-state index contributed by atoms with van der Waals surface area (Å²) in [6.07, 6.45) is 4.55. The molecule has 0 aromatic heterocycles. The summed E-state index contributed by atoms with van der Waals surface area (Å²) in [6.45, 7) is 6.04. The summed E-state index contributed by atoms with van der Waals surface area (Å²) in [4.78, 5) is 0. The highest BCUT2D eigenvalue weighted by Gasteiger charge is 2.20. The molecular formula is C17H22ClN3O2. The third-order valence-corrected chi connectivity index (χ3v) is 3.37. The molecule has 5 nitrogen and oxygen atoms in total. The lowest BCUT2D eigenvalue weighted by Gasteiger charge is -2.22. The van der Waals surface area contributed by atoms with Gasteiger partial charge in [-0.1, -0.05) is 32.4 Å². The van der Waals surface area contributed by atoms with Crippen molar-refractivity contribution in [3.63, 3.8) is 0 Å². The van der Waals surface area contributed by atoms with Gasteiger partial charge in [0.05, 0.1) is 24.2 Å². The molecule has 1 aliphatic rings. The van der Waals surface area contributed by atoms with Crippen LogP contribution in [0.25, 0.3) is 0 Å². The molecule has 0 bridgehead atoms. The molecule has 0 fully saturated rings. The van der Waals surface area contributed by atoms with Crippen molar-refractivity contribution in [3.05, 3.63) is 41.0 Å². The number of halogens is 1. The molecule has 0 amide bonds. The lowest BCUT2D eigenvalue weighted by molar-refractivity contribution is 0.406. The van der Waals surface area contributed by atoms with E-state index in [0.717, 1.165) is 5.56 Å². The Bertz CT molecular complexity index is 686. The summed E-state index contributed by atoms with van der Waals surface area (Å²) in [5.74, 6) is 0.823. The van der Waals surface area contributed by atoms with E-state index in [9.17, 15) is 5.11 Å². The van der Waals surface area contributed by atoms with Crippen LogP contribution in [0.4, 0.5) is 5.69 Å². The van der Waals surface area contributed by atoms with Crippen LogP contribution in [-0.4, -0.2) is 23.6 Å². The van der Waals surface area contributed by atoms with Gasteiger partial charge in [-0.2, -0.15) is 0 Å². The summed E-state index contributed by atoms with van der Waals surface area (Å²) in [5, 5.41) is 24.4. The number of allylic oxidation sites excluding steroid dienone is 4. The molecule has 6 heteroatoms. The van der Waals surface area contributed by atoms with Crippen LogP contribution in [-0.2, 0) is 5.41 Å². The summed E-state index contributed by atoms with van der Waals surface area (Å²) >= 11 is 5.51. The topological polar surface area (TPSA) is 103 Å². The Morgan fingerprint density at radius 2 is 1.74 bits per heavy atom. The zero-order chi connectivity index (χ0) is 17.8. The monoisotopic (exact) mass is 335 g/mol. The third kappa shape index (κ3) is 5.14. The summed E-state index contributed by atoms with van der Waals surface area (Å²) < 4.78 is 5.09. The van der Waals surface area contributed by atoms with Crippen molar-refractivity contribution < 1.29 is 9.84 Å². The van der Waals surface area contributed by atoms with Gasteiger partial charge in [-0.25, -0.2) is 0 Å². The predicted octanol–water partition coefficient (Wildman–Crippen LogP) is 4.00. The Balaban J connectivity index is 0.000000253. The van der Waals surface area contributed by atoms with E-state index in [1.54, 1.807) is 19.3 Å². The number of phenolic OH excluding ortho intramolecular Hbond substituents is 1. The molecule has 0 unspecified atom stereocenters. The van der Waals surface area contributed by atoms with E-state index in [-0.39, 0.29) is 22.6 Å². The van der Waals surface area contributed by atoms with E-state index in [1.165, 1.54) is 12.2 Å². The Kier molecular flexibility index (Phi) is 5.98. The van der Waals surface area contributed by atoms with Gasteiger partial charge in [-0.15, -0.1) is 0 Å². The number of nitrogen functional groups attached to an aromatic ring is 1. The molecule has 0 radical (unpaired) electrons. The lowest BCUT2D eigenvalue weighted by Crippen LogP contribution is -2.12. The van der Waals surface area contributed by atoms with E-state index in [0.29, 0.717) is 16.5 Å². The number of rotatable bonds is 1. The first-order chi connectivity index (χ1) is 10.6. The molecule has 1 aliphatic carbocycles. The summed E-state index contributed by atoms with van der Waals surface area (Å²) in [6, 6.07) is 3.43. The van der Waals surface area contributed by atoms with Gasteiger partial charge < -0.3 is 15.6 Å². The Labute approximate surface area is 141 Å². The number of hydrogen-bond donors (Lipinski definition) is 4. The average Bonchev–Trinajstić information content (AvgIpc) is 2.45. The van der Waals surface area contributed by atoms with Gasteiger partial charge in [0.25, 0.3) is 0 Å². The molecule has 1 aromatic carbocycles. The molecule has 5 N–H and O–H groups in total. The van der Waals surface area contributed by atoms with E-state index in [4.69, 9.17) is 32.9 Å². The number of methoxy groups -OCH3 is 1. The number of phenols is 1. The van der Waals surface area contributed by atoms with Crippen LogP contribution < -0.4 is 10.5 Å². The number of nitrogens with one attached hydrogen (secondary N) is 2. The number of ether oxygens (including phenoxy) is 1. The van der Waals surface area contributed by atoms with Gasteiger partial charge in [-0.05, 0) is 29.7 Å². The third-order valence-electron chi connectivity index (χ3n) is 3.14. The molecule has 0 heterocycles. The molecule has 2 rings (SSSR count). The quantitative estimate of drug-likeness (QED) is 0.354. The van der Waals surface area contributed by atoms with E-state index in [2.05, 4.69) is 0 Å². The van der Waals surface area contributed by atoms with Crippen LogP contribution in [0.1, 0.15) is 26.3 Å². The first-order valence-corrected chi connectivity index (χ1v) is 7.33. The largest absolute Gasteiger partial charge is 0.505 e. The Morgan fingerprint density at radius 1 is 1.13 bits per heavy atom. The maximum absolute atomic E-state index is 9.77. The maximum atomic E-state index is 9.77. The van der Waals surface area contributed by atoms with Gasteiger partial charge in [0.15, 0.2) is 0 Å². The second-order valence-corrected chi connectivity index (χ2v) is 6.49. The van der Waals surface area contributed by atoms with Gasteiger partial charge in [-0.3, -0.25) is 10.8 Å². The van der Waals surface area contributed by atoms with Gasteiger partial charge >= 0.3 is 0 Å². The van der Waals surface area contributed by atoms with E-state index < -0.39 is 0 Å². The highest BCUT2D eigenvalue weighted by Crippen LogP contribution is 2.37. The smallest absolute Gasteiger partial charge is 0.142 e. The van der Waals surface area contributed by atoms with Crippen molar-refractivity contribution in [1.82, 2.24) is 0 Å². The SMILES string of the molecule is COc1cc(N)c(O)c(C(C)(C)C)c1.N=C1C=CC(Cl)=CC1=N. The van der Waals surface area contributed by atoms with Crippen molar-refractivity contribution in [2.24, 2.45) is 0 Å². The van der Waals surface area contributed by atoms with Crippen LogP contribution in [0, 0.1) is 10.8 Å². The molecular weight excluding hydrogens is 314 g/mol. The van der Waals surface area contributed by atoms with Crippen molar-refractivity contribution in [2.75, 3.05) is 12.8 Å². The van der Waals surface area contributed by atoms with Crippen LogP contribution in [0.3, 0.4) is 0 Å². The fourth-order valence-corrected chi connectivity index (χ4v) is 2.01. The van der Waals surface area contributed by atoms with Gasteiger partial charge in [0, 0.05) is 16.7 Å². The van der Waals surface area contributed by atoms with Crippen molar-refractivity contribution in [1.29, 1.82) is 10.8 Å². The van der Waals surface area contributed by atoms with Crippen LogP contribution >= 0.6 is 11.6 Å². The molecule has 0 spiro atoms. The minimum absolute atomic E-state index is 0.146. The molecule has 0 saturated heterocycles. The van der Waals surface area contributed by atoms with Crippen LogP contribution in [0.5, 0.6) is 11.5 Å². The number of benzene rings is 1.